The van der Waals surface area contributed by atoms with Crippen LogP contribution in [-0.4, -0.2) is 136 Å². The minimum atomic E-state index is -0.624. The van der Waals surface area contributed by atoms with Gasteiger partial charge in [-0.05, 0) is 101 Å². The molecule has 5 aliphatic heterocycles. The molecule has 4 aromatic rings. The smallest absolute Gasteiger partial charge is 0.261 e. The summed E-state index contributed by atoms with van der Waals surface area (Å²) < 4.78 is 13.3. The largest absolute Gasteiger partial charge is 0.489 e. The van der Waals surface area contributed by atoms with Crippen molar-refractivity contribution in [2.24, 2.45) is 0 Å². The number of rotatable bonds is 10. The van der Waals surface area contributed by atoms with Gasteiger partial charge in [-0.1, -0.05) is 0 Å². The predicted molar refractivity (Wildman–Crippen MR) is 228 cm³/mol. The summed E-state index contributed by atoms with van der Waals surface area (Å²) >= 11 is 0. The van der Waals surface area contributed by atoms with Crippen molar-refractivity contribution in [1.29, 1.82) is 0 Å². The van der Waals surface area contributed by atoms with Gasteiger partial charge in [0.1, 0.15) is 23.2 Å². The molecule has 2 aromatic carbocycles. The zero-order chi connectivity index (χ0) is 42.8. The number of ether oxygens (including phenoxy) is 2. The lowest BCUT2D eigenvalue weighted by Gasteiger charge is -2.49. The number of likely N-dealkylation sites (N-methyl/N-ethyl adjacent to an activating group) is 1. The number of aromatic nitrogens is 3. The highest BCUT2D eigenvalue weighted by Crippen LogP contribution is 2.39. The average Bonchev–Trinajstić information content (AvgIpc) is 3.92. The fraction of sp³-hybridized carbons (Fsp3) is 0.489. The first-order chi connectivity index (χ1) is 30.0. The molecule has 324 valence electrons. The Balaban J connectivity index is 0.755. The number of morpholine rings is 1. The monoisotopic (exact) mass is 844 g/mol. The second kappa shape index (κ2) is 16.0. The highest BCUT2D eigenvalue weighted by atomic mass is 16.5. The number of hydrogen-bond acceptors (Lipinski definition) is 12. The standard InChI is InChI=1S/C45H52N10O7/c1-26(2)62-38-20-34-28(19-36(38)47-42(57)35-21-46-55-13-12-39(48-41(35)55)51-14-16-61-17-15-51)22-53(45(34)60)30-6-4-29(5-7-30)50(3)32-24-52(25-32)31-8-9-33-27(18-31)23-54(44(33)59)37-10-11-40(56)49-43(37)58/h8-9,12-13,18-21,26,29-30,32,37H,4-7,10-11,14-17,22-25H2,1-3H3,(H,47,57)(H,49,56,58). The van der Waals surface area contributed by atoms with Gasteiger partial charge in [0.05, 0.1) is 31.2 Å². The molecule has 17 nitrogen and oxygen atoms in total. The summed E-state index contributed by atoms with van der Waals surface area (Å²) in [5.41, 5.74) is 5.37. The lowest BCUT2D eigenvalue weighted by molar-refractivity contribution is -0.136. The third-order valence-electron chi connectivity index (χ3n) is 13.6. The van der Waals surface area contributed by atoms with Gasteiger partial charge in [0.2, 0.25) is 11.8 Å². The Labute approximate surface area is 359 Å². The van der Waals surface area contributed by atoms with E-state index in [0.29, 0.717) is 78.6 Å². The molecule has 0 spiro atoms. The quantitative estimate of drug-likeness (QED) is 0.223. The van der Waals surface area contributed by atoms with Crippen molar-refractivity contribution in [3.05, 3.63) is 76.6 Å². The maximum Gasteiger partial charge on any atom is 0.261 e. The van der Waals surface area contributed by atoms with Crippen molar-refractivity contribution < 1.29 is 33.4 Å². The van der Waals surface area contributed by atoms with Gasteiger partial charge in [-0.2, -0.15) is 5.10 Å². The molecule has 1 saturated carbocycles. The van der Waals surface area contributed by atoms with E-state index in [9.17, 15) is 24.0 Å². The van der Waals surface area contributed by atoms with E-state index in [1.807, 2.05) is 49.2 Å². The van der Waals surface area contributed by atoms with Crippen LogP contribution in [0.15, 0.2) is 48.8 Å². The molecule has 1 unspecified atom stereocenters. The van der Waals surface area contributed by atoms with Gasteiger partial charge in [0.15, 0.2) is 5.65 Å². The molecular weight excluding hydrogens is 793 g/mol. The van der Waals surface area contributed by atoms with E-state index in [1.165, 1.54) is 6.20 Å². The number of anilines is 3. The van der Waals surface area contributed by atoms with Crippen molar-refractivity contribution in [3.63, 3.8) is 0 Å². The Kier molecular flexibility index (Phi) is 10.3. The average molecular weight is 845 g/mol. The molecule has 2 N–H and O–H groups in total. The Morgan fingerprint density at radius 2 is 1.63 bits per heavy atom. The SMILES string of the molecule is CC(C)Oc1cc2c(cc1NC(=O)c1cnn3ccc(N4CCOCC4)nc13)CN(C1CCC(N(C)C3CN(c4ccc5c(c4)CN(C4CCC(=O)NC4=O)C5=O)C3)CC1)C2=O. The third-order valence-corrected chi connectivity index (χ3v) is 13.6. The molecule has 62 heavy (non-hydrogen) atoms. The first-order valence-electron chi connectivity index (χ1n) is 21.9. The molecule has 4 fully saturated rings. The van der Waals surface area contributed by atoms with Crippen LogP contribution < -0.4 is 25.2 Å². The van der Waals surface area contributed by atoms with E-state index in [-0.39, 0.29) is 42.2 Å². The zero-order valence-electron chi connectivity index (χ0n) is 35.3. The van der Waals surface area contributed by atoms with E-state index in [4.69, 9.17) is 14.5 Å². The molecule has 7 heterocycles. The second-order valence-electron chi connectivity index (χ2n) is 17.7. The summed E-state index contributed by atoms with van der Waals surface area (Å²) in [5, 5.41) is 9.82. The summed E-state index contributed by atoms with van der Waals surface area (Å²) in [7, 11) is 2.21. The molecule has 10 rings (SSSR count). The highest BCUT2D eigenvalue weighted by molar-refractivity contribution is 6.10. The van der Waals surface area contributed by atoms with Gasteiger partial charge >= 0.3 is 0 Å². The predicted octanol–water partition coefficient (Wildman–Crippen LogP) is 3.45. The molecule has 5 amide bonds. The van der Waals surface area contributed by atoms with Gasteiger partial charge in [0, 0.05) is 86.8 Å². The summed E-state index contributed by atoms with van der Waals surface area (Å²) in [6, 6.07) is 11.8. The maximum absolute atomic E-state index is 14.0. The normalized spacial score (nSPS) is 23.0. The van der Waals surface area contributed by atoms with Crippen LogP contribution in [-0.2, 0) is 27.4 Å². The van der Waals surface area contributed by atoms with Crippen LogP contribution in [0.2, 0.25) is 0 Å². The highest BCUT2D eigenvalue weighted by Gasteiger charge is 2.42. The molecular formula is C45H52N10O7. The van der Waals surface area contributed by atoms with Gasteiger partial charge in [0.25, 0.3) is 17.7 Å². The van der Waals surface area contributed by atoms with Crippen molar-refractivity contribution in [3.8, 4) is 5.75 Å². The van der Waals surface area contributed by atoms with E-state index < -0.39 is 11.9 Å². The molecule has 6 aliphatic rings. The summed E-state index contributed by atoms with van der Waals surface area (Å²) in [6.45, 7) is 9.12. The third kappa shape index (κ3) is 7.29. The topological polar surface area (TPSA) is 174 Å². The van der Waals surface area contributed by atoms with Gasteiger partial charge in [-0.25, -0.2) is 9.50 Å². The fourth-order valence-electron chi connectivity index (χ4n) is 10.0. The Bertz CT molecular complexity index is 2470. The Morgan fingerprint density at radius 3 is 2.39 bits per heavy atom. The van der Waals surface area contributed by atoms with E-state index in [2.05, 4.69) is 43.5 Å². The molecule has 3 saturated heterocycles. The summed E-state index contributed by atoms with van der Waals surface area (Å²) in [6.07, 6.45) is 7.51. The lowest BCUT2D eigenvalue weighted by atomic mass is 9.88. The van der Waals surface area contributed by atoms with E-state index >= 15 is 0 Å². The first kappa shape index (κ1) is 40.0. The van der Waals surface area contributed by atoms with Crippen LogP contribution in [0.5, 0.6) is 5.75 Å². The minimum absolute atomic E-state index is 0.00309. The van der Waals surface area contributed by atoms with Gasteiger partial charge < -0.3 is 34.4 Å². The summed E-state index contributed by atoms with van der Waals surface area (Å²) in [5.74, 6) is -0.00377. The number of hydrogen-bond donors (Lipinski definition) is 2. The molecule has 2 aromatic heterocycles. The van der Waals surface area contributed by atoms with Crippen LogP contribution >= 0.6 is 0 Å². The maximum atomic E-state index is 14.0. The molecule has 1 atom stereocenters. The number of benzene rings is 2. The molecule has 0 radical (unpaired) electrons. The molecule has 17 heteroatoms. The summed E-state index contributed by atoms with van der Waals surface area (Å²) in [4.78, 5) is 80.6. The lowest BCUT2D eigenvalue weighted by Crippen LogP contribution is -2.61. The van der Waals surface area contributed by atoms with Crippen LogP contribution in [0, 0.1) is 0 Å². The second-order valence-corrected chi connectivity index (χ2v) is 17.7. The fourth-order valence-corrected chi connectivity index (χ4v) is 10.0. The number of nitrogens with zero attached hydrogens (tertiary/aromatic N) is 8. The molecule has 1 aliphatic carbocycles. The van der Waals surface area contributed by atoms with Crippen molar-refractivity contribution in [2.75, 3.05) is 61.6 Å². The van der Waals surface area contributed by atoms with Crippen molar-refractivity contribution in [2.45, 2.75) is 95.7 Å². The zero-order valence-corrected chi connectivity index (χ0v) is 35.3. The van der Waals surface area contributed by atoms with E-state index in [0.717, 1.165) is 74.5 Å². The molecule has 0 bridgehead atoms. The van der Waals surface area contributed by atoms with Gasteiger partial charge in [-0.3, -0.25) is 34.2 Å². The number of carbonyl (C=O) groups excluding carboxylic acids is 5. The Morgan fingerprint density at radius 1 is 0.887 bits per heavy atom. The number of imide groups is 1. The van der Waals surface area contributed by atoms with Crippen LogP contribution in [0.25, 0.3) is 5.65 Å². The number of fused-ring (bicyclic) bond motifs is 3. The van der Waals surface area contributed by atoms with E-state index in [1.54, 1.807) is 15.5 Å². The first-order valence-corrected chi connectivity index (χ1v) is 21.9. The number of piperidine rings is 1. The van der Waals surface area contributed by atoms with Crippen LogP contribution in [0.1, 0.15) is 94.6 Å². The number of amides is 5. The van der Waals surface area contributed by atoms with Crippen LogP contribution in [0.3, 0.4) is 0 Å². The number of nitrogens with one attached hydrogen (secondary N) is 2. The Hall–Kier alpha value is -6.07. The number of carbonyl (C=O) groups is 5. The van der Waals surface area contributed by atoms with Crippen LogP contribution in [0.4, 0.5) is 17.2 Å². The minimum Gasteiger partial charge on any atom is -0.489 e. The van der Waals surface area contributed by atoms with Gasteiger partial charge in [-0.15, -0.1) is 0 Å². The van der Waals surface area contributed by atoms with Crippen molar-refractivity contribution in [1.82, 2.24) is 34.6 Å². The van der Waals surface area contributed by atoms with Crippen molar-refractivity contribution >= 4 is 52.4 Å².